The van der Waals surface area contributed by atoms with Gasteiger partial charge in [-0.05, 0) is 46.5 Å². The number of amidine groups is 1. The maximum absolute atomic E-state index is 12.5. The molecule has 1 saturated heterocycles. The van der Waals surface area contributed by atoms with Gasteiger partial charge in [-0.2, -0.15) is 0 Å². The van der Waals surface area contributed by atoms with Gasteiger partial charge in [0.2, 0.25) is 0 Å². The number of aliphatic imine (C=N–C) groups is 1. The number of hydrogen-bond acceptors (Lipinski definition) is 3. The fourth-order valence-electron chi connectivity index (χ4n) is 2.50. The van der Waals surface area contributed by atoms with Gasteiger partial charge in [-0.1, -0.05) is 63.2 Å². The molecule has 1 aliphatic rings. The maximum atomic E-state index is 12.5. The van der Waals surface area contributed by atoms with Gasteiger partial charge in [0.05, 0.1) is 10.6 Å². The molecule has 1 aliphatic heterocycles. The average Bonchev–Trinajstić information content (AvgIpc) is 2.84. The van der Waals surface area contributed by atoms with Crippen LogP contribution in [0.25, 0.3) is 6.08 Å². The van der Waals surface area contributed by atoms with Crippen LogP contribution >= 0.6 is 11.8 Å². The molecule has 3 nitrogen and oxygen atoms in total. The molecule has 0 aromatic heterocycles. The first kappa shape index (κ1) is 17.5. The van der Waals surface area contributed by atoms with Crippen LogP contribution in [0.4, 0.5) is 5.69 Å². The summed E-state index contributed by atoms with van der Waals surface area (Å²) < 4.78 is 0. The fraction of sp³-hybridized carbons (Fsp3) is 0.238. The summed E-state index contributed by atoms with van der Waals surface area (Å²) in [6.45, 7) is 6.58. The van der Waals surface area contributed by atoms with Crippen molar-refractivity contribution in [2.24, 2.45) is 4.99 Å². The minimum Gasteiger partial charge on any atom is -0.290 e. The molecule has 2 aromatic carbocycles. The maximum Gasteiger partial charge on any atom is 0.266 e. The largest absolute Gasteiger partial charge is 0.290 e. The van der Waals surface area contributed by atoms with Gasteiger partial charge in [-0.25, -0.2) is 4.99 Å². The van der Waals surface area contributed by atoms with Crippen LogP contribution in [0.15, 0.2) is 64.5 Å². The molecule has 1 amide bonds. The summed E-state index contributed by atoms with van der Waals surface area (Å²) in [5, 5.41) is 0.703. The van der Waals surface area contributed by atoms with Crippen LogP contribution in [0.1, 0.15) is 31.9 Å². The molecular formula is C21H22N2OS. The second-order valence-electron chi connectivity index (χ2n) is 7.08. The number of carbonyl (C=O) groups excluding carboxylic acids is 1. The summed E-state index contributed by atoms with van der Waals surface area (Å²) in [6, 6.07) is 18.1. The van der Waals surface area contributed by atoms with Crippen LogP contribution in [0.5, 0.6) is 0 Å². The summed E-state index contributed by atoms with van der Waals surface area (Å²) in [6.07, 6.45) is 1.93. The van der Waals surface area contributed by atoms with Crippen molar-refractivity contribution in [3.05, 3.63) is 70.6 Å². The summed E-state index contributed by atoms with van der Waals surface area (Å²) in [5.41, 5.74) is 3.28. The predicted molar refractivity (Wildman–Crippen MR) is 107 cm³/mol. The third-order valence-electron chi connectivity index (χ3n) is 4.06. The predicted octanol–water partition coefficient (Wildman–Crippen LogP) is 5.22. The van der Waals surface area contributed by atoms with Crippen molar-refractivity contribution in [2.45, 2.75) is 26.2 Å². The van der Waals surface area contributed by atoms with Gasteiger partial charge in [0.1, 0.15) is 0 Å². The topological polar surface area (TPSA) is 32.7 Å². The number of benzene rings is 2. The molecule has 0 radical (unpaired) electrons. The molecule has 25 heavy (non-hydrogen) atoms. The lowest BCUT2D eigenvalue weighted by Crippen LogP contribution is -2.23. The number of para-hydroxylation sites is 1. The smallest absolute Gasteiger partial charge is 0.266 e. The Morgan fingerprint density at radius 1 is 1.00 bits per heavy atom. The zero-order chi connectivity index (χ0) is 18.0. The first-order valence-electron chi connectivity index (χ1n) is 8.26. The minimum atomic E-state index is -0.0143. The molecule has 0 aliphatic carbocycles. The first-order chi connectivity index (χ1) is 11.8. The van der Waals surface area contributed by atoms with Crippen molar-refractivity contribution >= 4 is 34.6 Å². The molecule has 0 saturated carbocycles. The van der Waals surface area contributed by atoms with E-state index in [-0.39, 0.29) is 11.3 Å². The van der Waals surface area contributed by atoms with Crippen LogP contribution in [0.3, 0.4) is 0 Å². The molecule has 4 heteroatoms. The van der Waals surface area contributed by atoms with Crippen LogP contribution < -0.4 is 0 Å². The molecule has 2 aromatic rings. The Labute approximate surface area is 153 Å². The van der Waals surface area contributed by atoms with E-state index in [1.165, 1.54) is 17.3 Å². The van der Waals surface area contributed by atoms with Gasteiger partial charge in [0.15, 0.2) is 5.17 Å². The van der Waals surface area contributed by atoms with E-state index in [0.717, 1.165) is 11.3 Å². The summed E-state index contributed by atoms with van der Waals surface area (Å²) in [5.74, 6) is -0.0143. The standard InChI is InChI=1S/C21H22N2OS/c1-21(2,3)16-12-10-15(11-13-16)14-18-19(24)23(4)20(25-18)22-17-8-6-5-7-9-17/h5-14H,1-4H3/b18-14+,22-20?. The Morgan fingerprint density at radius 3 is 2.24 bits per heavy atom. The van der Waals surface area contributed by atoms with E-state index in [9.17, 15) is 4.79 Å². The van der Waals surface area contributed by atoms with Crippen molar-refractivity contribution in [2.75, 3.05) is 7.05 Å². The summed E-state index contributed by atoms with van der Waals surface area (Å²) in [4.78, 5) is 19.4. The monoisotopic (exact) mass is 350 g/mol. The van der Waals surface area contributed by atoms with Gasteiger partial charge in [-0.3, -0.25) is 9.69 Å². The SMILES string of the molecule is CN1C(=O)/C(=C\c2ccc(C(C)(C)C)cc2)SC1=Nc1ccccc1. The van der Waals surface area contributed by atoms with E-state index in [1.807, 2.05) is 36.4 Å². The zero-order valence-corrected chi connectivity index (χ0v) is 15.8. The Kier molecular flexibility index (Phi) is 4.82. The van der Waals surface area contributed by atoms with Crippen LogP contribution in [-0.4, -0.2) is 23.0 Å². The van der Waals surface area contributed by atoms with Crippen LogP contribution in [0.2, 0.25) is 0 Å². The van der Waals surface area contributed by atoms with Crippen molar-refractivity contribution in [1.29, 1.82) is 0 Å². The summed E-state index contributed by atoms with van der Waals surface area (Å²) >= 11 is 1.41. The third kappa shape index (κ3) is 4.02. The van der Waals surface area contributed by atoms with Crippen molar-refractivity contribution in [3.63, 3.8) is 0 Å². The third-order valence-corrected chi connectivity index (χ3v) is 5.12. The average molecular weight is 350 g/mol. The molecule has 0 N–H and O–H groups in total. The molecule has 128 valence electrons. The lowest BCUT2D eigenvalue weighted by Gasteiger charge is -2.18. The van der Waals surface area contributed by atoms with E-state index in [1.54, 1.807) is 11.9 Å². The van der Waals surface area contributed by atoms with Gasteiger partial charge in [0.25, 0.3) is 5.91 Å². The number of thioether (sulfide) groups is 1. The van der Waals surface area contributed by atoms with Gasteiger partial charge < -0.3 is 0 Å². The normalized spacial score (nSPS) is 18.4. The van der Waals surface area contributed by atoms with Gasteiger partial charge >= 0.3 is 0 Å². The molecule has 0 bridgehead atoms. The number of amides is 1. The van der Waals surface area contributed by atoms with Crippen molar-refractivity contribution in [3.8, 4) is 0 Å². The lowest BCUT2D eigenvalue weighted by atomic mass is 9.87. The number of hydrogen-bond donors (Lipinski definition) is 0. The molecule has 1 heterocycles. The first-order valence-corrected chi connectivity index (χ1v) is 9.08. The number of carbonyl (C=O) groups is 1. The second kappa shape index (κ2) is 6.89. The van der Waals surface area contributed by atoms with Gasteiger partial charge in [-0.15, -0.1) is 0 Å². The van der Waals surface area contributed by atoms with Crippen LogP contribution in [-0.2, 0) is 10.2 Å². The fourth-order valence-corrected chi connectivity index (χ4v) is 3.48. The number of likely N-dealkylation sites (N-methyl/N-ethyl adjacent to an activating group) is 1. The van der Waals surface area contributed by atoms with Crippen molar-refractivity contribution < 1.29 is 4.79 Å². The minimum absolute atomic E-state index is 0.0143. The molecule has 1 fully saturated rings. The lowest BCUT2D eigenvalue weighted by molar-refractivity contribution is -0.121. The highest BCUT2D eigenvalue weighted by atomic mass is 32.2. The van der Waals surface area contributed by atoms with E-state index in [2.05, 4.69) is 50.0 Å². The Bertz CT molecular complexity index is 830. The second-order valence-corrected chi connectivity index (χ2v) is 8.09. The highest BCUT2D eigenvalue weighted by Crippen LogP contribution is 2.33. The highest BCUT2D eigenvalue weighted by molar-refractivity contribution is 8.18. The molecule has 0 unspecified atom stereocenters. The van der Waals surface area contributed by atoms with Crippen molar-refractivity contribution in [1.82, 2.24) is 4.90 Å². The number of nitrogens with zero attached hydrogens (tertiary/aromatic N) is 2. The highest BCUT2D eigenvalue weighted by Gasteiger charge is 2.30. The van der Waals surface area contributed by atoms with Crippen LogP contribution in [0, 0.1) is 0 Å². The zero-order valence-electron chi connectivity index (χ0n) is 15.0. The molecule has 3 rings (SSSR count). The summed E-state index contributed by atoms with van der Waals surface area (Å²) in [7, 11) is 1.76. The van der Waals surface area contributed by atoms with E-state index in [4.69, 9.17) is 0 Å². The molecule has 0 atom stereocenters. The Morgan fingerprint density at radius 2 is 1.64 bits per heavy atom. The van der Waals surface area contributed by atoms with Gasteiger partial charge in [0, 0.05) is 7.05 Å². The quantitative estimate of drug-likeness (QED) is 0.696. The molecular weight excluding hydrogens is 328 g/mol. The molecule has 0 spiro atoms. The van der Waals surface area contributed by atoms with E-state index in [0.29, 0.717) is 10.1 Å². The Balaban J connectivity index is 1.84. The van der Waals surface area contributed by atoms with E-state index < -0.39 is 0 Å². The van der Waals surface area contributed by atoms with E-state index >= 15 is 0 Å². The Hall–Kier alpha value is -2.33. The number of rotatable bonds is 2.